The fourth-order valence-corrected chi connectivity index (χ4v) is 5.99. The van der Waals surface area contributed by atoms with Gasteiger partial charge in [-0.1, -0.05) is 103 Å². The number of anilines is 2. The van der Waals surface area contributed by atoms with Crippen molar-refractivity contribution in [3.63, 3.8) is 0 Å². The average Bonchev–Trinajstić information content (AvgIpc) is 3.78. The lowest BCUT2D eigenvalue weighted by Gasteiger charge is -2.10. The minimum Gasteiger partial charge on any atom is -0.382 e. The molecule has 0 aliphatic carbocycles. The predicted octanol–water partition coefficient (Wildman–Crippen LogP) is 8.04. The van der Waals surface area contributed by atoms with Crippen molar-refractivity contribution in [3.05, 3.63) is 157 Å². The van der Waals surface area contributed by atoms with Gasteiger partial charge in [0.15, 0.2) is 40.5 Å². The SMILES string of the molecule is NC(=O)c1cccc(N=Nc2c(-c3ccccc3)nn(-c3cc(-n4nc(-c5ccccc5)c(N=Nc5cccc(C(N)=O)c5)c4N)nc(-c4ccccc4)n3)c2N)c1. The van der Waals surface area contributed by atoms with Gasteiger partial charge in [-0.05, 0) is 36.4 Å². The van der Waals surface area contributed by atoms with Crippen molar-refractivity contribution in [2.45, 2.75) is 0 Å². The lowest BCUT2D eigenvalue weighted by molar-refractivity contribution is 0.0992. The van der Waals surface area contributed by atoms with Crippen molar-refractivity contribution in [2.75, 3.05) is 11.5 Å². The van der Waals surface area contributed by atoms with Crippen molar-refractivity contribution < 1.29 is 9.59 Å². The van der Waals surface area contributed by atoms with E-state index in [0.717, 1.165) is 0 Å². The standard InChI is InChI=1S/C42H32N14O2/c43-38-36(51-49-30-20-10-18-28(22-30)40(45)57)34(25-12-4-1-5-13-25)53-55(38)32-24-33(48-42(47-32)27-16-8-3-9-17-27)56-39(44)37(35(54-56)26-14-6-2-7-15-26)52-50-31-21-11-19-29(23-31)41(46)58/h1-24H,43-44H2,(H2,45,57)(H2,46,58). The first-order chi connectivity index (χ1) is 28.2. The van der Waals surface area contributed by atoms with Gasteiger partial charge in [-0.15, -0.1) is 10.2 Å². The van der Waals surface area contributed by atoms with Crippen molar-refractivity contribution in [1.29, 1.82) is 0 Å². The third-order valence-electron chi connectivity index (χ3n) is 8.84. The Kier molecular flexibility index (Phi) is 9.77. The maximum Gasteiger partial charge on any atom is 0.248 e. The minimum atomic E-state index is -0.595. The minimum absolute atomic E-state index is 0.114. The van der Waals surface area contributed by atoms with Crippen LogP contribution in [0, 0.1) is 0 Å². The van der Waals surface area contributed by atoms with E-state index in [4.69, 9.17) is 43.1 Å². The Hall–Kier alpha value is -8.66. The Bertz CT molecular complexity index is 2700. The number of benzene rings is 5. The van der Waals surface area contributed by atoms with Crippen LogP contribution in [0.3, 0.4) is 0 Å². The first kappa shape index (κ1) is 36.3. The first-order valence-corrected chi connectivity index (χ1v) is 17.7. The van der Waals surface area contributed by atoms with Gasteiger partial charge in [-0.25, -0.2) is 9.97 Å². The number of hydrogen-bond acceptors (Lipinski definition) is 12. The van der Waals surface area contributed by atoms with Crippen LogP contribution in [-0.4, -0.2) is 41.3 Å². The van der Waals surface area contributed by atoms with Gasteiger partial charge >= 0.3 is 0 Å². The zero-order valence-electron chi connectivity index (χ0n) is 30.5. The average molecular weight is 765 g/mol. The van der Waals surface area contributed by atoms with E-state index in [0.29, 0.717) is 45.3 Å². The van der Waals surface area contributed by atoms with E-state index in [2.05, 4.69) is 20.5 Å². The summed E-state index contributed by atoms with van der Waals surface area (Å²) in [5.41, 5.74) is 29.5. The van der Waals surface area contributed by atoms with Gasteiger partial charge in [0.1, 0.15) is 11.4 Å². The molecule has 58 heavy (non-hydrogen) atoms. The Morgan fingerprint density at radius 1 is 0.466 bits per heavy atom. The van der Waals surface area contributed by atoms with Crippen LogP contribution >= 0.6 is 0 Å². The maximum atomic E-state index is 11.8. The molecule has 282 valence electrons. The summed E-state index contributed by atoms with van der Waals surface area (Å²) < 4.78 is 2.89. The fraction of sp³-hybridized carbons (Fsp3) is 0. The van der Waals surface area contributed by atoms with Crippen LogP contribution in [-0.2, 0) is 0 Å². The molecule has 3 heterocycles. The van der Waals surface area contributed by atoms with Gasteiger partial charge in [0.25, 0.3) is 0 Å². The fourth-order valence-electron chi connectivity index (χ4n) is 5.99. The topological polar surface area (TPSA) is 249 Å². The second kappa shape index (κ2) is 15.6. The van der Waals surface area contributed by atoms with E-state index in [-0.39, 0.29) is 45.8 Å². The van der Waals surface area contributed by atoms with Gasteiger partial charge in [0.2, 0.25) is 11.8 Å². The lowest BCUT2D eigenvalue weighted by Crippen LogP contribution is -2.11. The molecule has 0 fully saturated rings. The normalized spacial score (nSPS) is 11.4. The van der Waals surface area contributed by atoms with Gasteiger partial charge in [-0.2, -0.15) is 29.8 Å². The molecular formula is C42H32N14O2. The van der Waals surface area contributed by atoms with Crippen molar-refractivity contribution in [2.24, 2.45) is 31.9 Å². The molecule has 0 unspecified atom stereocenters. The summed E-state index contributed by atoms with van der Waals surface area (Å²) in [4.78, 5) is 33.5. The van der Waals surface area contributed by atoms with Gasteiger partial charge in [0.05, 0.1) is 11.4 Å². The molecular weight excluding hydrogens is 733 g/mol. The smallest absolute Gasteiger partial charge is 0.248 e. The van der Waals surface area contributed by atoms with E-state index in [9.17, 15) is 9.59 Å². The molecule has 2 amide bonds. The van der Waals surface area contributed by atoms with Crippen LogP contribution in [0.25, 0.3) is 45.5 Å². The number of nitrogen functional groups attached to an aromatic ring is 2. The molecule has 8 aromatic rings. The maximum absolute atomic E-state index is 11.8. The number of hydrogen-bond donors (Lipinski definition) is 4. The Balaban J connectivity index is 1.31. The van der Waals surface area contributed by atoms with Crippen LogP contribution in [0.1, 0.15) is 20.7 Å². The zero-order chi connectivity index (χ0) is 40.2. The first-order valence-electron chi connectivity index (χ1n) is 17.7. The second-order valence-corrected chi connectivity index (χ2v) is 12.7. The molecule has 0 saturated heterocycles. The molecule has 0 saturated carbocycles. The van der Waals surface area contributed by atoms with Gasteiger partial charge < -0.3 is 22.9 Å². The van der Waals surface area contributed by atoms with Crippen molar-refractivity contribution in [3.8, 4) is 45.5 Å². The lowest BCUT2D eigenvalue weighted by atomic mass is 10.1. The number of nitrogens with two attached hydrogens (primary N) is 4. The number of carbonyl (C=O) groups excluding carboxylic acids is 2. The number of azo groups is 2. The molecule has 0 spiro atoms. The second-order valence-electron chi connectivity index (χ2n) is 12.7. The summed E-state index contributed by atoms with van der Waals surface area (Å²) in [7, 11) is 0. The highest BCUT2D eigenvalue weighted by molar-refractivity contribution is 5.94. The predicted molar refractivity (Wildman–Crippen MR) is 220 cm³/mol. The van der Waals surface area contributed by atoms with E-state index >= 15 is 0 Å². The number of rotatable bonds is 11. The molecule has 5 aromatic carbocycles. The van der Waals surface area contributed by atoms with E-state index < -0.39 is 11.8 Å². The Labute approximate surface area is 330 Å². The molecule has 0 atom stereocenters. The van der Waals surface area contributed by atoms with E-state index in [1.54, 1.807) is 42.5 Å². The summed E-state index contributed by atoms with van der Waals surface area (Å²) >= 11 is 0. The number of primary amides is 2. The number of amides is 2. The largest absolute Gasteiger partial charge is 0.382 e. The number of carbonyl (C=O) groups is 2. The molecule has 3 aromatic heterocycles. The molecule has 0 bridgehead atoms. The van der Waals surface area contributed by atoms with E-state index in [1.165, 1.54) is 21.5 Å². The molecule has 0 aliphatic rings. The molecule has 16 nitrogen and oxygen atoms in total. The molecule has 8 N–H and O–H groups in total. The number of nitrogens with zero attached hydrogens (tertiary/aromatic N) is 10. The molecule has 0 radical (unpaired) electrons. The summed E-state index contributed by atoms with van der Waals surface area (Å²) in [5, 5.41) is 27.6. The van der Waals surface area contributed by atoms with Crippen molar-refractivity contribution >= 4 is 46.2 Å². The molecule has 8 rings (SSSR count). The van der Waals surface area contributed by atoms with Crippen molar-refractivity contribution in [1.82, 2.24) is 29.5 Å². The van der Waals surface area contributed by atoms with Gasteiger partial charge in [-0.3, -0.25) is 9.59 Å². The molecule has 0 aliphatic heterocycles. The van der Waals surface area contributed by atoms with Crippen LogP contribution in [0.5, 0.6) is 0 Å². The highest BCUT2D eigenvalue weighted by atomic mass is 16.1. The highest BCUT2D eigenvalue weighted by Crippen LogP contribution is 2.40. The van der Waals surface area contributed by atoms with Crippen LogP contribution in [0.15, 0.2) is 166 Å². The third-order valence-corrected chi connectivity index (χ3v) is 8.84. The van der Waals surface area contributed by atoms with Crippen LogP contribution < -0.4 is 22.9 Å². The monoisotopic (exact) mass is 764 g/mol. The van der Waals surface area contributed by atoms with Gasteiger partial charge in [0, 0.05) is 33.9 Å². The summed E-state index contributed by atoms with van der Waals surface area (Å²) in [6.07, 6.45) is 0. The third kappa shape index (κ3) is 7.38. The summed E-state index contributed by atoms with van der Waals surface area (Å²) in [6, 6.07) is 42.6. The summed E-state index contributed by atoms with van der Waals surface area (Å²) in [5.74, 6) is -0.120. The van der Waals surface area contributed by atoms with Crippen LogP contribution in [0.2, 0.25) is 0 Å². The Morgan fingerprint density at radius 2 is 0.862 bits per heavy atom. The van der Waals surface area contributed by atoms with E-state index in [1.807, 2.05) is 91.0 Å². The Morgan fingerprint density at radius 3 is 1.26 bits per heavy atom. The summed E-state index contributed by atoms with van der Waals surface area (Å²) in [6.45, 7) is 0. The zero-order valence-corrected chi connectivity index (χ0v) is 30.5. The highest BCUT2D eigenvalue weighted by Gasteiger charge is 2.24. The quantitative estimate of drug-likeness (QED) is 0.0936. The molecule has 16 heteroatoms. The number of aromatic nitrogens is 6. The van der Waals surface area contributed by atoms with Crippen LogP contribution in [0.4, 0.5) is 34.4 Å².